The van der Waals surface area contributed by atoms with Crippen molar-refractivity contribution in [2.45, 2.75) is 0 Å². The van der Waals surface area contributed by atoms with Gasteiger partial charge in [-0.15, -0.1) is 0 Å². The molecule has 0 heterocycles. The summed E-state index contributed by atoms with van der Waals surface area (Å²) >= 11 is 0. The van der Waals surface area contributed by atoms with E-state index in [-0.39, 0.29) is 17.3 Å². The Morgan fingerprint density at radius 2 is 1.64 bits per heavy atom. The van der Waals surface area contributed by atoms with Gasteiger partial charge in [0.05, 0.1) is 0 Å². The molecule has 0 unspecified atom stereocenters. The van der Waals surface area contributed by atoms with Crippen molar-refractivity contribution in [2.75, 3.05) is 7.05 Å². The Hall–Kier alpha value is -3.19. The van der Waals surface area contributed by atoms with Crippen molar-refractivity contribution in [1.29, 1.82) is 5.26 Å². The number of hydrogen-bond acceptors (Lipinski definition) is 3. The van der Waals surface area contributed by atoms with Crippen LogP contribution in [0.2, 0.25) is 0 Å². The summed E-state index contributed by atoms with van der Waals surface area (Å²) in [6.07, 6.45) is 1.52. The Balaban J connectivity index is 2.28. The summed E-state index contributed by atoms with van der Waals surface area (Å²) in [6.45, 7) is 0. The number of nitrogens with one attached hydrogen (secondary N) is 1. The van der Waals surface area contributed by atoms with E-state index in [0.29, 0.717) is 16.7 Å². The Kier molecular flexibility index (Phi) is 4.84. The van der Waals surface area contributed by atoms with Crippen molar-refractivity contribution >= 4 is 17.8 Å². The van der Waals surface area contributed by atoms with E-state index in [9.17, 15) is 14.9 Å². The highest BCUT2D eigenvalue weighted by atomic mass is 16.1. The first-order valence-electron chi connectivity index (χ1n) is 6.69. The van der Waals surface area contributed by atoms with Crippen LogP contribution in [0.1, 0.15) is 26.3 Å². The molecule has 4 heteroatoms. The van der Waals surface area contributed by atoms with Crippen LogP contribution >= 0.6 is 0 Å². The van der Waals surface area contributed by atoms with E-state index in [1.165, 1.54) is 6.08 Å². The first-order chi connectivity index (χ1) is 10.7. The first-order valence-corrected chi connectivity index (χ1v) is 6.69. The van der Waals surface area contributed by atoms with Crippen LogP contribution < -0.4 is 5.32 Å². The fourth-order valence-electron chi connectivity index (χ4n) is 1.94. The Morgan fingerprint density at radius 3 is 2.18 bits per heavy atom. The highest BCUT2D eigenvalue weighted by Gasteiger charge is 2.11. The molecule has 108 valence electrons. The molecule has 1 N–H and O–H groups in total. The van der Waals surface area contributed by atoms with Crippen LogP contribution in [0, 0.1) is 11.3 Å². The number of carbonyl (C=O) groups excluding carboxylic acids is 2. The molecular formula is C18H14N2O2. The molecule has 0 radical (unpaired) electrons. The second kappa shape index (κ2) is 7.00. The summed E-state index contributed by atoms with van der Waals surface area (Å²) in [7, 11) is 1.56. The van der Waals surface area contributed by atoms with Crippen molar-refractivity contribution < 1.29 is 9.59 Å². The smallest absolute Gasteiger partial charge is 0.251 e. The molecule has 22 heavy (non-hydrogen) atoms. The number of amides is 1. The summed E-state index contributed by atoms with van der Waals surface area (Å²) in [6, 6.07) is 17.3. The van der Waals surface area contributed by atoms with Gasteiger partial charge in [0.25, 0.3) is 5.91 Å². The maximum absolute atomic E-state index is 12.2. The summed E-state index contributed by atoms with van der Waals surface area (Å²) in [5.41, 5.74) is 1.73. The highest BCUT2D eigenvalue weighted by molar-refractivity contribution is 6.14. The molecule has 1 amide bonds. The highest BCUT2D eigenvalue weighted by Crippen LogP contribution is 2.13. The van der Waals surface area contributed by atoms with E-state index < -0.39 is 0 Å². The maximum atomic E-state index is 12.2. The molecule has 2 aromatic rings. The second-order valence-corrected chi connectivity index (χ2v) is 4.57. The van der Waals surface area contributed by atoms with Crippen molar-refractivity contribution in [3.05, 3.63) is 76.9 Å². The molecule has 4 nitrogen and oxygen atoms in total. The lowest BCUT2D eigenvalue weighted by Gasteiger charge is -2.02. The predicted molar refractivity (Wildman–Crippen MR) is 84.2 cm³/mol. The van der Waals surface area contributed by atoms with Gasteiger partial charge in [-0.25, -0.2) is 0 Å². The number of nitriles is 1. The lowest BCUT2D eigenvalue weighted by atomic mass is 10.0. The number of hydrogen-bond donors (Lipinski definition) is 1. The SMILES string of the molecule is CNC(=O)c1ccc(/C=C(/C#N)C(=O)c2ccccc2)cc1. The third-order valence-electron chi connectivity index (χ3n) is 3.11. The number of rotatable bonds is 4. The third-order valence-corrected chi connectivity index (χ3v) is 3.11. The van der Waals surface area contributed by atoms with Crippen LogP contribution in [0.4, 0.5) is 0 Å². The number of allylic oxidation sites excluding steroid dienone is 1. The molecule has 0 aliphatic carbocycles. The number of ketones is 1. The molecule has 0 fully saturated rings. The van der Waals surface area contributed by atoms with Gasteiger partial charge in [0.15, 0.2) is 0 Å². The minimum absolute atomic E-state index is 0.0545. The summed E-state index contributed by atoms with van der Waals surface area (Å²) in [4.78, 5) is 23.7. The first kappa shape index (κ1) is 15.2. The zero-order chi connectivity index (χ0) is 15.9. The summed E-state index contributed by atoms with van der Waals surface area (Å²) in [5, 5.41) is 11.7. The van der Waals surface area contributed by atoms with Gasteiger partial charge in [0, 0.05) is 18.2 Å². The van der Waals surface area contributed by atoms with Crippen molar-refractivity contribution in [1.82, 2.24) is 5.32 Å². The molecule has 0 aromatic heterocycles. The van der Waals surface area contributed by atoms with E-state index in [0.717, 1.165) is 0 Å². The standard InChI is InChI=1S/C18H14N2O2/c1-20-18(22)15-9-7-13(8-10-15)11-16(12-19)17(21)14-5-3-2-4-6-14/h2-11H,1H3,(H,20,22)/b16-11-. The van der Waals surface area contributed by atoms with Gasteiger partial charge in [-0.05, 0) is 23.8 Å². The van der Waals surface area contributed by atoms with Crippen LogP contribution in [-0.4, -0.2) is 18.7 Å². The van der Waals surface area contributed by atoms with Gasteiger partial charge >= 0.3 is 0 Å². The van der Waals surface area contributed by atoms with Crippen LogP contribution in [-0.2, 0) is 0 Å². The molecule has 0 saturated carbocycles. The van der Waals surface area contributed by atoms with Gasteiger partial charge in [-0.2, -0.15) is 5.26 Å². The molecule has 0 bridgehead atoms. The van der Waals surface area contributed by atoms with Gasteiger partial charge in [-0.3, -0.25) is 9.59 Å². The average molecular weight is 290 g/mol. The fourth-order valence-corrected chi connectivity index (χ4v) is 1.94. The zero-order valence-electron chi connectivity index (χ0n) is 12.0. The quantitative estimate of drug-likeness (QED) is 0.535. The number of Topliss-reactive ketones (excluding diaryl/α,β-unsaturated/α-hetero) is 1. The Morgan fingerprint density at radius 1 is 1.00 bits per heavy atom. The molecule has 2 rings (SSSR count). The lowest BCUT2D eigenvalue weighted by molar-refractivity contribution is 0.0962. The minimum Gasteiger partial charge on any atom is -0.355 e. The lowest BCUT2D eigenvalue weighted by Crippen LogP contribution is -2.17. The summed E-state index contributed by atoms with van der Waals surface area (Å²) < 4.78 is 0. The molecule has 0 saturated heterocycles. The van der Waals surface area contributed by atoms with E-state index in [2.05, 4.69) is 5.32 Å². The molecule has 0 spiro atoms. The average Bonchev–Trinajstić information content (AvgIpc) is 2.59. The predicted octanol–water partition coefficient (Wildman–Crippen LogP) is 2.84. The van der Waals surface area contributed by atoms with Crippen LogP contribution in [0.25, 0.3) is 6.08 Å². The van der Waals surface area contributed by atoms with Gasteiger partial charge in [0.1, 0.15) is 11.6 Å². The second-order valence-electron chi connectivity index (χ2n) is 4.57. The monoisotopic (exact) mass is 290 g/mol. The van der Waals surface area contributed by atoms with Gasteiger partial charge in [0.2, 0.25) is 5.78 Å². The van der Waals surface area contributed by atoms with Crippen LogP contribution in [0.15, 0.2) is 60.2 Å². The number of nitrogens with zero attached hydrogens (tertiary/aromatic N) is 1. The van der Waals surface area contributed by atoms with Crippen molar-refractivity contribution in [3.63, 3.8) is 0 Å². The Labute approximate surface area is 128 Å². The Bertz CT molecular complexity index is 754. The number of benzene rings is 2. The molecule has 2 aromatic carbocycles. The van der Waals surface area contributed by atoms with E-state index >= 15 is 0 Å². The fraction of sp³-hybridized carbons (Fsp3) is 0.0556. The maximum Gasteiger partial charge on any atom is 0.251 e. The molecular weight excluding hydrogens is 276 g/mol. The number of carbonyl (C=O) groups is 2. The molecule has 0 aliphatic heterocycles. The molecule has 0 atom stereocenters. The minimum atomic E-state index is -0.321. The third kappa shape index (κ3) is 3.47. The van der Waals surface area contributed by atoms with Crippen molar-refractivity contribution in [2.24, 2.45) is 0 Å². The summed E-state index contributed by atoms with van der Waals surface area (Å²) in [5.74, 6) is -0.505. The van der Waals surface area contributed by atoms with E-state index in [4.69, 9.17) is 0 Å². The molecule has 0 aliphatic rings. The largest absolute Gasteiger partial charge is 0.355 e. The van der Waals surface area contributed by atoms with Gasteiger partial charge in [-0.1, -0.05) is 42.5 Å². The van der Waals surface area contributed by atoms with Crippen molar-refractivity contribution in [3.8, 4) is 6.07 Å². The van der Waals surface area contributed by atoms with Crippen LogP contribution in [0.3, 0.4) is 0 Å². The topological polar surface area (TPSA) is 70.0 Å². The van der Waals surface area contributed by atoms with Crippen LogP contribution in [0.5, 0.6) is 0 Å². The normalized spacial score (nSPS) is 10.6. The van der Waals surface area contributed by atoms with Gasteiger partial charge < -0.3 is 5.32 Å². The van der Waals surface area contributed by atoms with E-state index in [1.54, 1.807) is 55.6 Å². The van der Waals surface area contributed by atoms with E-state index in [1.807, 2.05) is 12.1 Å². The zero-order valence-corrected chi connectivity index (χ0v) is 12.0.